The lowest BCUT2D eigenvalue weighted by Gasteiger charge is -2.08. The summed E-state index contributed by atoms with van der Waals surface area (Å²) in [5.41, 5.74) is 0.219. The molecule has 6 nitrogen and oxygen atoms in total. The first-order valence-corrected chi connectivity index (χ1v) is 5.64. The van der Waals surface area contributed by atoms with Crippen LogP contribution in [0.1, 0.15) is 26.3 Å². The number of carbonyl (C=O) groups excluding carboxylic acids is 1. The van der Waals surface area contributed by atoms with Crippen LogP contribution in [0.4, 0.5) is 0 Å². The molecule has 1 rings (SSSR count). The van der Waals surface area contributed by atoms with Gasteiger partial charge in [0.25, 0.3) is 5.56 Å². The number of hydrogen-bond donors (Lipinski definition) is 2. The van der Waals surface area contributed by atoms with E-state index in [4.69, 9.17) is 4.74 Å². The van der Waals surface area contributed by atoms with Crippen molar-refractivity contribution in [1.82, 2.24) is 15.1 Å². The highest BCUT2D eigenvalue weighted by molar-refractivity contribution is 5.77. The average Bonchev–Trinajstić information content (AvgIpc) is 2.61. The van der Waals surface area contributed by atoms with Crippen molar-refractivity contribution < 1.29 is 9.53 Å². The smallest absolute Gasteiger partial charge is 0.273 e. The molecule has 0 unspecified atom stereocenters. The van der Waals surface area contributed by atoms with Gasteiger partial charge in [-0.05, 0) is 6.92 Å². The van der Waals surface area contributed by atoms with E-state index < -0.39 is 0 Å². The van der Waals surface area contributed by atoms with Gasteiger partial charge in [0.1, 0.15) is 0 Å². The summed E-state index contributed by atoms with van der Waals surface area (Å²) in [6, 6.07) is 0. The molecule has 0 saturated carbocycles. The van der Waals surface area contributed by atoms with E-state index in [2.05, 4.69) is 10.4 Å². The molecule has 0 aliphatic carbocycles. The van der Waals surface area contributed by atoms with Crippen LogP contribution in [0.25, 0.3) is 0 Å². The maximum Gasteiger partial charge on any atom is 0.273 e. The second kappa shape index (κ2) is 5.56. The molecule has 2 N–H and O–H groups in total. The molecule has 0 bridgehead atoms. The van der Waals surface area contributed by atoms with E-state index in [1.54, 1.807) is 18.5 Å². The minimum absolute atomic E-state index is 0.0873. The predicted molar refractivity (Wildman–Crippen MR) is 64.0 cm³/mol. The summed E-state index contributed by atoms with van der Waals surface area (Å²) >= 11 is 0. The molecule has 0 fully saturated rings. The van der Waals surface area contributed by atoms with Crippen LogP contribution in [-0.4, -0.2) is 22.8 Å². The lowest BCUT2D eigenvalue weighted by atomic mass is 10.2. The Morgan fingerprint density at radius 3 is 2.65 bits per heavy atom. The first-order valence-electron chi connectivity index (χ1n) is 5.64. The summed E-state index contributed by atoms with van der Waals surface area (Å²) in [5.74, 6) is 0.283. The number of ether oxygens (including phenoxy) is 1. The first-order chi connectivity index (χ1) is 8.01. The highest BCUT2D eigenvalue weighted by Crippen LogP contribution is 2.13. The Bertz CT molecular complexity index is 445. The van der Waals surface area contributed by atoms with Gasteiger partial charge < -0.3 is 10.1 Å². The molecule has 0 aromatic carbocycles. The molecule has 17 heavy (non-hydrogen) atoms. The van der Waals surface area contributed by atoms with Crippen LogP contribution in [0, 0.1) is 5.92 Å². The summed E-state index contributed by atoms with van der Waals surface area (Å²) in [7, 11) is 1.50. The Labute approximate surface area is 99.9 Å². The van der Waals surface area contributed by atoms with Crippen molar-refractivity contribution in [3.8, 4) is 5.88 Å². The SMILES string of the molecule is CCn1[nH]c(=O)c(CNC(=O)C(C)C)c1OC. The largest absolute Gasteiger partial charge is 0.481 e. The van der Waals surface area contributed by atoms with E-state index in [0.717, 1.165) is 0 Å². The van der Waals surface area contributed by atoms with E-state index in [1.165, 1.54) is 7.11 Å². The van der Waals surface area contributed by atoms with Gasteiger partial charge in [0.15, 0.2) is 0 Å². The second-order valence-corrected chi connectivity index (χ2v) is 4.05. The highest BCUT2D eigenvalue weighted by atomic mass is 16.5. The lowest BCUT2D eigenvalue weighted by Crippen LogP contribution is -2.29. The topological polar surface area (TPSA) is 76.1 Å². The Balaban J connectivity index is 2.87. The standard InChI is InChI=1S/C11H19N3O3/c1-5-14-11(17-4)8(10(16)13-14)6-12-9(15)7(2)3/h7H,5-6H2,1-4H3,(H,12,15)(H,13,16). The predicted octanol–water partition coefficient (Wildman–Crippen LogP) is 0.477. The number of amides is 1. The number of nitrogens with zero attached hydrogens (tertiary/aromatic N) is 1. The number of aryl methyl sites for hydroxylation is 1. The Hall–Kier alpha value is -1.72. The van der Waals surface area contributed by atoms with Gasteiger partial charge in [-0.3, -0.25) is 19.4 Å². The fraction of sp³-hybridized carbons (Fsp3) is 0.636. The lowest BCUT2D eigenvalue weighted by molar-refractivity contribution is -0.124. The zero-order chi connectivity index (χ0) is 13.0. The van der Waals surface area contributed by atoms with Gasteiger partial charge in [0.05, 0.1) is 19.2 Å². The molecule has 0 saturated heterocycles. The molecule has 0 spiro atoms. The molecule has 1 aromatic rings. The fourth-order valence-corrected chi connectivity index (χ4v) is 1.49. The third-order valence-corrected chi connectivity index (χ3v) is 2.49. The first kappa shape index (κ1) is 13.3. The normalized spacial score (nSPS) is 10.6. The molecule has 0 aliphatic heterocycles. The van der Waals surface area contributed by atoms with Crippen molar-refractivity contribution >= 4 is 5.91 Å². The van der Waals surface area contributed by atoms with Crippen LogP contribution in [0.2, 0.25) is 0 Å². The highest BCUT2D eigenvalue weighted by Gasteiger charge is 2.16. The molecule has 1 heterocycles. The zero-order valence-electron chi connectivity index (χ0n) is 10.7. The summed E-state index contributed by atoms with van der Waals surface area (Å²) in [4.78, 5) is 23.1. The van der Waals surface area contributed by atoms with Gasteiger partial charge in [-0.25, -0.2) is 0 Å². The number of carbonyl (C=O) groups is 1. The number of aromatic nitrogens is 2. The van der Waals surface area contributed by atoms with Crippen LogP contribution in [0.3, 0.4) is 0 Å². The number of rotatable bonds is 5. The van der Waals surface area contributed by atoms with Gasteiger partial charge >= 0.3 is 0 Å². The number of hydrogen-bond acceptors (Lipinski definition) is 3. The molecule has 6 heteroatoms. The quantitative estimate of drug-likeness (QED) is 0.787. The number of aromatic amines is 1. The summed E-state index contributed by atoms with van der Waals surface area (Å²) < 4.78 is 6.77. The number of nitrogens with one attached hydrogen (secondary N) is 2. The monoisotopic (exact) mass is 241 g/mol. The minimum Gasteiger partial charge on any atom is -0.481 e. The zero-order valence-corrected chi connectivity index (χ0v) is 10.7. The molecule has 1 aromatic heterocycles. The minimum atomic E-state index is -0.229. The van der Waals surface area contributed by atoms with E-state index in [0.29, 0.717) is 18.0 Å². The maximum absolute atomic E-state index is 11.7. The van der Waals surface area contributed by atoms with Gasteiger partial charge in [0.2, 0.25) is 11.8 Å². The molecular weight excluding hydrogens is 222 g/mol. The van der Waals surface area contributed by atoms with Crippen molar-refractivity contribution in [3.63, 3.8) is 0 Å². The maximum atomic E-state index is 11.7. The Kier molecular flexibility index (Phi) is 4.37. The van der Waals surface area contributed by atoms with Crippen molar-refractivity contribution in [2.75, 3.05) is 7.11 Å². The summed E-state index contributed by atoms with van der Waals surface area (Å²) in [5, 5.41) is 5.35. The van der Waals surface area contributed by atoms with Crippen LogP contribution in [-0.2, 0) is 17.9 Å². The van der Waals surface area contributed by atoms with Gasteiger partial charge in [0, 0.05) is 12.5 Å². The van der Waals surface area contributed by atoms with E-state index in [1.807, 2.05) is 6.92 Å². The third kappa shape index (κ3) is 2.89. The van der Waals surface area contributed by atoms with Crippen molar-refractivity contribution in [2.45, 2.75) is 33.9 Å². The number of methoxy groups -OCH3 is 1. The summed E-state index contributed by atoms with van der Waals surface area (Å²) in [6.45, 7) is 6.29. The fourth-order valence-electron chi connectivity index (χ4n) is 1.49. The molecule has 0 aliphatic rings. The number of H-pyrrole nitrogens is 1. The van der Waals surface area contributed by atoms with Crippen LogP contribution >= 0.6 is 0 Å². The third-order valence-electron chi connectivity index (χ3n) is 2.49. The van der Waals surface area contributed by atoms with Crippen molar-refractivity contribution in [1.29, 1.82) is 0 Å². The molecule has 96 valence electrons. The van der Waals surface area contributed by atoms with Crippen molar-refractivity contribution in [3.05, 3.63) is 15.9 Å². The molecular formula is C11H19N3O3. The van der Waals surface area contributed by atoms with Gasteiger partial charge in [-0.1, -0.05) is 13.8 Å². The molecule has 0 atom stereocenters. The Morgan fingerprint density at radius 1 is 1.53 bits per heavy atom. The van der Waals surface area contributed by atoms with E-state index in [-0.39, 0.29) is 23.9 Å². The van der Waals surface area contributed by atoms with Gasteiger partial charge in [-0.2, -0.15) is 0 Å². The Morgan fingerprint density at radius 2 is 2.18 bits per heavy atom. The van der Waals surface area contributed by atoms with E-state index >= 15 is 0 Å². The molecule has 1 amide bonds. The molecule has 0 radical (unpaired) electrons. The summed E-state index contributed by atoms with van der Waals surface area (Å²) in [6.07, 6.45) is 0. The van der Waals surface area contributed by atoms with Crippen LogP contribution < -0.4 is 15.6 Å². The van der Waals surface area contributed by atoms with Crippen LogP contribution in [0.15, 0.2) is 4.79 Å². The van der Waals surface area contributed by atoms with Gasteiger partial charge in [-0.15, -0.1) is 0 Å². The van der Waals surface area contributed by atoms with Crippen molar-refractivity contribution in [2.24, 2.45) is 5.92 Å². The average molecular weight is 241 g/mol. The van der Waals surface area contributed by atoms with E-state index in [9.17, 15) is 9.59 Å². The van der Waals surface area contributed by atoms with Crippen LogP contribution in [0.5, 0.6) is 5.88 Å². The second-order valence-electron chi connectivity index (χ2n) is 4.05.